The van der Waals surface area contributed by atoms with Gasteiger partial charge in [-0.25, -0.2) is 4.98 Å². The number of nitrogens with zero attached hydrogens (tertiary/aromatic N) is 2. The molecular weight excluding hydrogens is 258 g/mol. The Morgan fingerprint density at radius 2 is 1.90 bits per heavy atom. The highest BCUT2D eigenvalue weighted by molar-refractivity contribution is 5.76. The summed E-state index contributed by atoms with van der Waals surface area (Å²) in [5.74, 6) is 0.726. The van der Waals surface area contributed by atoms with Crippen LogP contribution in [-0.4, -0.2) is 9.38 Å². The molecule has 2 aromatic heterocycles. The molecule has 3 heteroatoms. The third kappa shape index (κ3) is 1.92. The first-order valence-corrected chi connectivity index (χ1v) is 7.59. The predicted molar refractivity (Wildman–Crippen MR) is 86.4 cm³/mol. The van der Waals surface area contributed by atoms with E-state index in [1.807, 2.05) is 16.7 Å². The summed E-state index contributed by atoms with van der Waals surface area (Å²) in [7, 11) is 0. The second-order valence-corrected chi connectivity index (χ2v) is 5.92. The number of benzene rings is 1. The number of fused-ring (bicyclic) bond motifs is 2. The maximum absolute atomic E-state index is 6.32. The molecule has 1 aromatic carbocycles. The summed E-state index contributed by atoms with van der Waals surface area (Å²) in [5, 5.41) is 0. The van der Waals surface area contributed by atoms with Crippen molar-refractivity contribution >= 4 is 11.5 Å². The number of pyridine rings is 1. The molecular formula is C18H19N3. The van der Waals surface area contributed by atoms with Crippen LogP contribution in [0.5, 0.6) is 0 Å². The monoisotopic (exact) mass is 277 g/mol. The maximum Gasteiger partial charge on any atom is 0.142 e. The average molecular weight is 277 g/mol. The Morgan fingerprint density at radius 1 is 1.10 bits per heavy atom. The largest absolute Gasteiger partial charge is 0.383 e. The van der Waals surface area contributed by atoms with E-state index in [-0.39, 0.29) is 0 Å². The number of rotatable bonds is 1. The maximum atomic E-state index is 6.32. The van der Waals surface area contributed by atoms with Gasteiger partial charge in [-0.1, -0.05) is 18.2 Å². The quantitative estimate of drug-likeness (QED) is 0.735. The van der Waals surface area contributed by atoms with Gasteiger partial charge < -0.3 is 5.73 Å². The molecule has 1 aliphatic carbocycles. The van der Waals surface area contributed by atoms with Crippen LogP contribution in [0.4, 0.5) is 5.82 Å². The number of hydrogen-bond acceptors (Lipinski definition) is 2. The van der Waals surface area contributed by atoms with Crippen molar-refractivity contribution in [2.24, 2.45) is 0 Å². The van der Waals surface area contributed by atoms with E-state index in [4.69, 9.17) is 10.7 Å². The second-order valence-electron chi connectivity index (χ2n) is 5.92. The van der Waals surface area contributed by atoms with Crippen molar-refractivity contribution in [3.63, 3.8) is 0 Å². The van der Waals surface area contributed by atoms with Crippen LogP contribution in [0.25, 0.3) is 16.9 Å². The standard InChI is InChI=1S/C18H19N3/c1-12-5-4-10-21-17(19)16(20-18(12)21)15-9-8-13-6-2-3-7-14(13)11-15/h4-5,8-11H,2-3,6-7,19H2,1H3. The van der Waals surface area contributed by atoms with Gasteiger partial charge in [0.15, 0.2) is 0 Å². The van der Waals surface area contributed by atoms with E-state index in [1.165, 1.54) is 36.8 Å². The summed E-state index contributed by atoms with van der Waals surface area (Å²) < 4.78 is 1.98. The SMILES string of the molecule is Cc1cccn2c(N)c(-c3ccc4c(c3)CCCC4)nc12. The van der Waals surface area contributed by atoms with Crippen molar-refractivity contribution in [2.75, 3.05) is 5.73 Å². The molecule has 0 bridgehead atoms. The number of aromatic nitrogens is 2. The van der Waals surface area contributed by atoms with E-state index in [9.17, 15) is 0 Å². The van der Waals surface area contributed by atoms with Crippen molar-refractivity contribution in [1.82, 2.24) is 9.38 Å². The van der Waals surface area contributed by atoms with Gasteiger partial charge in [0.1, 0.15) is 17.2 Å². The van der Waals surface area contributed by atoms with Crippen molar-refractivity contribution in [2.45, 2.75) is 32.6 Å². The molecule has 0 saturated carbocycles. The van der Waals surface area contributed by atoms with Gasteiger partial charge in [0.2, 0.25) is 0 Å². The summed E-state index contributed by atoms with van der Waals surface area (Å²) in [6, 6.07) is 10.8. The number of hydrogen-bond donors (Lipinski definition) is 1. The zero-order chi connectivity index (χ0) is 14.4. The van der Waals surface area contributed by atoms with Gasteiger partial charge in [-0.2, -0.15) is 0 Å². The van der Waals surface area contributed by atoms with Crippen LogP contribution in [0.3, 0.4) is 0 Å². The summed E-state index contributed by atoms with van der Waals surface area (Å²) in [5.41, 5.74) is 13.4. The van der Waals surface area contributed by atoms with Crippen LogP contribution >= 0.6 is 0 Å². The summed E-state index contributed by atoms with van der Waals surface area (Å²) in [4.78, 5) is 4.77. The fraction of sp³-hybridized carbons (Fsp3) is 0.278. The summed E-state index contributed by atoms with van der Waals surface area (Å²) >= 11 is 0. The number of imidazole rings is 1. The van der Waals surface area contributed by atoms with E-state index < -0.39 is 0 Å². The average Bonchev–Trinajstić information content (AvgIpc) is 2.86. The zero-order valence-electron chi connectivity index (χ0n) is 12.3. The fourth-order valence-electron chi connectivity index (χ4n) is 3.32. The minimum atomic E-state index is 0.726. The minimum absolute atomic E-state index is 0.726. The molecule has 0 radical (unpaired) electrons. The Kier molecular flexibility index (Phi) is 2.74. The molecule has 1 aliphatic rings. The fourth-order valence-corrected chi connectivity index (χ4v) is 3.32. The Labute approximate surface area is 124 Å². The third-order valence-corrected chi connectivity index (χ3v) is 4.50. The molecule has 3 nitrogen and oxygen atoms in total. The highest BCUT2D eigenvalue weighted by atomic mass is 15.1. The van der Waals surface area contributed by atoms with Crippen LogP contribution in [0, 0.1) is 6.92 Å². The molecule has 0 spiro atoms. The topological polar surface area (TPSA) is 43.3 Å². The van der Waals surface area contributed by atoms with Gasteiger partial charge in [-0.15, -0.1) is 0 Å². The number of aryl methyl sites for hydroxylation is 3. The van der Waals surface area contributed by atoms with Crippen molar-refractivity contribution in [3.8, 4) is 11.3 Å². The lowest BCUT2D eigenvalue weighted by atomic mass is 9.90. The van der Waals surface area contributed by atoms with Crippen LogP contribution in [0.1, 0.15) is 29.5 Å². The second kappa shape index (κ2) is 4.62. The molecule has 21 heavy (non-hydrogen) atoms. The molecule has 0 amide bonds. The zero-order valence-corrected chi connectivity index (χ0v) is 12.3. The van der Waals surface area contributed by atoms with E-state index in [0.717, 1.165) is 28.3 Å². The predicted octanol–water partition coefficient (Wildman–Crippen LogP) is 3.77. The van der Waals surface area contributed by atoms with E-state index in [0.29, 0.717) is 0 Å². The van der Waals surface area contributed by atoms with Gasteiger partial charge in [0, 0.05) is 11.8 Å². The molecule has 4 rings (SSSR count). The third-order valence-electron chi connectivity index (χ3n) is 4.50. The molecule has 0 unspecified atom stereocenters. The van der Waals surface area contributed by atoms with Gasteiger partial charge in [0.25, 0.3) is 0 Å². The van der Waals surface area contributed by atoms with Gasteiger partial charge in [0.05, 0.1) is 0 Å². The van der Waals surface area contributed by atoms with Gasteiger partial charge in [-0.3, -0.25) is 4.40 Å². The van der Waals surface area contributed by atoms with Crippen molar-refractivity contribution < 1.29 is 0 Å². The minimum Gasteiger partial charge on any atom is -0.383 e. The number of anilines is 1. The summed E-state index contributed by atoms with van der Waals surface area (Å²) in [6.45, 7) is 2.07. The lowest BCUT2D eigenvalue weighted by Crippen LogP contribution is -2.02. The summed E-state index contributed by atoms with van der Waals surface area (Å²) in [6.07, 6.45) is 6.95. The Balaban J connectivity index is 1.90. The molecule has 0 fully saturated rings. The molecule has 0 saturated heterocycles. The first-order valence-electron chi connectivity index (χ1n) is 7.59. The van der Waals surface area contributed by atoms with Gasteiger partial charge in [-0.05, 0) is 61.4 Å². The van der Waals surface area contributed by atoms with Crippen molar-refractivity contribution in [3.05, 3.63) is 53.2 Å². The van der Waals surface area contributed by atoms with E-state index >= 15 is 0 Å². The molecule has 0 aliphatic heterocycles. The number of nitrogens with two attached hydrogens (primary N) is 1. The first-order chi connectivity index (χ1) is 10.2. The van der Waals surface area contributed by atoms with Crippen LogP contribution in [0.15, 0.2) is 36.5 Å². The van der Waals surface area contributed by atoms with Crippen LogP contribution in [0.2, 0.25) is 0 Å². The lowest BCUT2D eigenvalue weighted by molar-refractivity contribution is 0.686. The van der Waals surface area contributed by atoms with Crippen LogP contribution < -0.4 is 5.73 Å². The Morgan fingerprint density at radius 3 is 2.71 bits per heavy atom. The van der Waals surface area contributed by atoms with Crippen molar-refractivity contribution in [1.29, 1.82) is 0 Å². The Hall–Kier alpha value is -2.29. The molecule has 106 valence electrons. The van der Waals surface area contributed by atoms with E-state index in [1.54, 1.807) is 0 Å². The highest BCUT2D eigenvalue weighted by Crippen LogP contribution is 2.31. The van der Waals surface area contributed by atoms with Crippen LogP contribution in [-0.2, 0) is 12.8 Å². The number of nitrogen functional groups attached to an aromatic ring is 1. The lowest BCUT2D eigenvalue weighted by Gasteiger charge is -2.16. The smallest absolute Gasteiger partial charge is 0.142 e. The molecule has 2 heterocycles. The molecule has 2 N–H and O–H groups in total. The normalized spacial score (nSPS) is 14.3. The van der Waals surface area contributed by atoms with E-state index in [2.05, 4.69) is 31.2 Å². The molecule has 0 atom stereocenters. The molecule has 3 aromatic rings. The highest BCUT2D eigenvalue weighted by Gasteiger charge is 2.15. The first kappa shape index (κ1) is 12.5. The van der Waals surface area contributed by atoms with Gasteiger partial charge >= 0.3 is 0 Å². The Bertz CT molecular complexity index is 830.